The maximum absolute atomic E-state index is 13.7. The lowest BCUT2D eigenvalue weighted by Gasteiger charge is -2.22. The van der Waals surface area contributed by atoms with E-state index in [0.29, 0.717) is 12.1 Å². The smallest absolute Gasteiger partial charge is 0.253 e. The molecule has 2 N–H and O–H groups in total. The number of para-hydroxylation sites is 1. The van der Waals surface area contributed by atoms with Crippen molar-refractivity contribution in [3.8, 4) is 0 Å². The number of hydrogen-bond acceptors (Lipinski definition) is 2. The van der Waals surface area contributed by atoms with Crippen molar-refractivity contribution in [3.05, 3.63) is 29.6 Å². The first-order valence-electron chi connectivity index (χ1n) is 6.20. The molecule has 4 heteroatoms. The molecule has 1 amide bonds. The standard InChI is InChI=1S/C14H21FN2O/c1-5-9-16-12-10(7-6-8-11(12)15)13(18)17-14(2,3)4/h6-8,16H,5,9H2,1-4H3,(H,17,18). The zero-order valence-electron chi connectivity index (χ0n) is 11.4. The Kier molecular flexibility index (Phi) is 4.70. The molecule has 0 atom stereocenters. The number of benzene rings is 1. The van der Waals surface area contributed by atoms with Crippen LogP contribution < -0.4 is 10.6 Å². The van der Waals surface area contributed by atoms with Crippen molar-refractivity contribution in [2.75, 3.05) is 11.9 Å². The fraction of sp³-hybridized carbons (Fsp3) is 0.500. The summed E-state index contributed by atoms with van der Waals surface area (Å²) >= 11 is 0. The fourth-order valence-corrected chi connectivity index (χ4v) is 1.55. The summed E-state index contributed by atoms with van der Waals surface area (Å²) in [5.41, 5.74) is 0.283. The Hall–Kier alpha value is -1.58. The molecule has 1 aromatic carbocycles. The predicted octanol–water partition coefficient (Wildman–Crippen LogP) is 3.18. The van der Waals surface area contributed by atoms with Gasteiger partial charge < -0.3 is 10.6 Å². The highest BCUT2D eigenvalue weighted by molar-refractivity contribution is 6.00. The van der Waals surface area contributed by atoms with E-state index in [1.54, 1.807) is 12.1 Å². The van der Waals surface area contributed by atoms with Crippen molar-refractivity contribution in [2.45, 2.75) is 39.7 Å². The van der Waals surface area contributed by atoms with Crippen LogP contribution in [0.2, 0.25) is 0 Å². The highest BCUT2D eigenvalue weighted by Gasteiger charge is 2.19. The lowest BCUT2D eigenvalue weighted by molar-refractivity contribution is 0.0920. The molecule has 0 saturated carbocycles. The molecule has 0 radical (unpaired) electrons. The molecule has 18 heavy (non-hydrogen) atoms. The van der Waals surface area contributed by atoms with Crippen LogP contribution in [0.3, 0.4) is 0 Å². The van der Waals surface area contributed by atoms with E-state index in [-0.39, 0.29) is 17.1 Å². The van der Waals surface area contributed by atoms with Crippen LogP contribution in [-0.4, -0.2) is 18.0 Å². The SMILES string of the molecule is CCCNc1c(F)cccc1C(=O)NC(C)(C)C. The minimum Gasteiger partial charge on any atom is -0.382 e. The summed E-state index contributed by atoms with van der Waals surface area (Å²) in [6.45, 7) is 8.30. The zero-order valence-corrected chi connectivity index (χ0v) is 11.4. The second-order valence-electron chi connectivity index (χ2n) is 5.29. The molecule has 0 aliphatic carbocycles. The molecule has 0 aliphatic heterocycles. The monoisotopic (exact) mass is 252 g/mol. The largest absolute Gasteiger partial charge is 0.382 e. The molecule has 0 saturated heterocycles. The third kappa shape index (κ3) is 4.02. The number of carbonyl (C=O) groups is 1. The molecule has 1 aromatic rings. The van der Waals surface area contributed by atoms with Crippen molar-refractivity contribution in [1.29, 1.82) is 0 Å². The Morgan fingerprint density at radius 3 is 2.56 bits per heavy atom. The van der Waals surface area contributed by atoms with Crippen molar-refractivity contribution in [3.63, 3.8) is 0 Å². The third-order valence-corrected chi connectivity index (χ3v) is 2.30. The Morgan fingerprint density at radius 2 is 2.00 bits per heavy atom. The summed E-state index contributed by atoms with van der Waals surface area (Å²) in [5, 5.41) is 5.80. The average molecular weight is 252 g/mol. The summed E-state index contributed by atoms with van der Waals surface area (Å²) in [6, 6.07) is 4.53. The molecule has 0 aromatic heterocycles. The summed E-state index contributed by atoms with van der Waals surface area (Å²) < 4.78 is 13.7. The van der Waals surface area contributed by atoms with Gasteiger partial charge in [-0.1, -0.05) is 13.0 Å². The Bertz CT molecular complexity index is 424. The van der Waals surface area contributed by atoms with Crippen molar-refractivity contribution in [1.82, 2.24) is 5.32 Å². The van der Waals surface area contributed by atoms with Gasteiger partial charge in [0.15, 0.2) is 0 Å². The van der Waals surface area contributed by atoms with Gasteiger partial charge in [-0.2, -0.15) is 0 Å². The van der Waals surface area contributed by atoms with Crippen LogP contribution in [0.1, 0.15) is 44.5 Å². The van der Waals surface area contributed by atoms with E-state index >= 15 is 0 Å². The molecular weight excluding hydrogens is 231 g/mol. The van der Waals surface area contributed by atoms with E-state index in [9.17, 15) is 9.18 Å². The van der Waals surface area contributed by atoms with Gasteiger partial charge in [0.25, 0.3) is 5.91 Å². The predicted molar refractivity (Wildman–Crippen MR) is 72.4 cm³/mol. The second kappa shape index (κ2) is 5.85. The average Bonchev–Trinajstić information content (AvgIpc) is 2.24. The van der Waals surface area contributed by atoms with E-state index in [0.717, 1.165) is 6.42 Å². The van der Waals surface area contributed by atoms with Crippen molar-refractivity contribution in [2.24, 2.45) is 0 Å². The van der Waals surface area contributed by atoms with Crippen LogP contribution in [0.4, 0.5) is 10.1 Å². The quantitative estimate of drug-likeness (QED) is 0.864. The van der Waals surface area contributed by atoms with Gasteiger partial charge in [-0.15, -0.1) is 0 Å². The lowest BCUT2D eigenvalue weighted by atomic mass is 10.1. The highest BCUT2D eigenvalue weighted by atomic mass is 19.1. The van der Waals surface area contributed by atoms with E-state index < -0.39 is 5.82 Å². The summed E-state index contributed by atoms with van der Waals surface area (Å²) in [4.78, 5) is 12.1. The summed E-state index contributed by atoms with van der Waals surface area (Å²) in [6.07, 6.45) is 0.870. The van der Waals surface area contributed by atoms with E-state index in [1.807, 2.05) is 27.7 Å². The van der Waals surface area contributed by atoms with E-state index in [1.165, 1.54) is 6.07 Å². The Labute approximate surface area is 108 Å². The maximum Gasteiger partial charge on any atom is 0.253 e. The lowest BCUT2D eigenvalue weighted by Crippen LogP contribution is -2.40. The van der Waals surface area contributed by atoms with Crippen LogP contribution in [0, 0.1) is 5.82 Å². The number of anilines is 1. The van der Waals surface area contributed by atoms with Crippen LogP contribution in [0.25, 0.3) is 0 Å². The zero-order chi connectivity index (χ0) is 13.8. The molecule has 0 aliphatic rings. The van der Waals surface area contributed by atoms with Gasteiger partial charge in [-0.3, -0.25) is 4.79 Å². The fourth-order valence-electron chi connectivity index (χ4n) is 1.55. The highest BCUT2D eigenvalue weighted by Crippen LogP contribution is 2.20. The number of nitrogens with one attached hydrogen (secondary N) is 2. The Morgan fingerprint density at radius 1 is 1.33 bits per heavy atom. The van der Waals surface area contributed by atoms with Crippen LogP contribution in [0.5, 0.6) is 0 Å². The van der Waals surface area contributed by atoms with Gasteiger partial charge in [0.05, 0.1) is 11.3 Å². The molecule has 1 rings (SSSR count). The van der Waals surface area contributed by atoms with Crippen LogP contribution in [-0.2, 0) is 0 Å². The van der Waals surface area contributed by atoms with Gasteiger partial charge in [0.2, 0.25) is 0 Å². The van der Waals surface area contributed by atoms with Gasteiger partial charge >= 0.3 is 0 Å². The summed E-state index contributed by atoms with van der Waals surface area (Å²) in [5.74, 6) is -0.661. The molecule has 0 unspecified atom stereocenters. The molecule has 100 valence electrons. The summed E-state index contributed by atoms with van der Waals surface area (Å²) in [7, 11) is 0. The van der Waals surface area contributed by atoms with Gasteiger partial charge in [0.1, 0.15) is 5.82 Å². The molecular formula is C14H21FN2O. The Balaban J connectivity index is 3.00. The van der Waals surface area contributed by atoms with Crippen molar-refractivity contribution < 1.29 is 9.18 Å². The first-order chi connectivity index (χ1) is 8.35. The topological polar surface area (TPSA) is 41.1 Å². The van der Waals surface area contributed by atoms with Crippen LogP contribution in [0.15, 0.2) is 18.2 Å². The first kappa shape index (κ1) is 14.5. The van der Waals surface area contributed by atoms with Gasteiger partial charge in [-0.05, 0) is 39.3 Å². The molecule has 0 fully saturated rings. The number of amides is 1. The molecule has 0 bridgehead atoms. The minimum atomic E-state index is -0.398. The molecule has 0 spiro atoms. The number of hydrogen-bond donors (Lipinski definition) is 2. The van der Waals surface area contributed by atoms with E-state index in [2.05, 4.69) is 10.6 Å². The number of carbonyl (C=O) groups excluding carboxylic acids is 1. The molecule has 0 heterocycles. The number of halogens is 1. The normalized spacial score (nSPS) is 11.2. The van der Waals surface area contributed by atoms with Gasteiger partial charge in [-0.25, -0.2) is 4.39 Å². The maximum atomic E-state index is 13.7. The third-order valence-electron chi connectivity index (χ3n) is 2.30. The number of rotatable bonds is 4. The first-order valence-corrected chi connectivity index (χ1v) is 6.20. The van der Waals surface area contributed by atoms with Crippen LogP contribution >= 0.6 is 0 Å². The molecule has 3 nitrogen and oxygen atoms in total. The second-order valence-corrected chi connectivity index (χ2v) is 5.29. The van der Waals surface area contributed by atoms with Gasteiger partial charge in [0, 0.05) is 12.1 Å². The van der Waals surface area contributed by atoms with Crippen molar-refractivity contribution >= 4 is 11.6 Å². The van der Waals surface area contributed by atoms with E-state index in [4.69, 9.17) is 0 Å². The minimum absolute atomic E-state index is 0.263.